The highest BCUT2D eigenvalue weighted by molar-refractivity contribution is 7.13. The molecule has 0 aromatic carbocycles. The van der Waals surface area contributed by atoms with Gasteiger partial charge in [0.15, 0.2) is 5.13 Å². The molecular formula is C12H12ClN5OS. The smallest absolute Gasteiger partial charge is 0.274 e. The first kappa shape index (κ1) is 13.3. The Morgan fingerprint density at radius 1 is 1.25 bits per heavy atom. The maximum Gasteiger partial charge on any atom is 0.274 e. The van der Waals surface area contributed by atoms with E-state index in [1.165, 1.54) is 12.4 Å². The maximum absolute atomic E-state index is 12.3. The lowest BCUT2D eigenvalue weighted by Crippen LogP contribution is -2.49. The van der Waals surface area contributed by atoms with Crippen molar-refractivity contribution in [2.24, 2.45) is 0 Å². The van der Waals surface area contributed by atoms with Crippen LogP contribution in [0.15, 0.2) is 24.0 Å². The van der Waals surface area contributed by atoms with E-state index < -0.39 is 0 Å². The summed E-state index contributed by atoms with van der Waals surface area (Å²) in [5, 5.41) is 3.19. The summed E-state index contributed by atoms with van der Waals surface area (Å²) in [7, 11) is 0. The molecule has 1 amide bonds. The number of rotatable bonds is 2. The molecule has 2 aromatic heterocycles. The fourth-order valence-corrected chi connectivity index (χ4v) is 2.92. The first-order chi connectivity index (χ1) is 9.74. The average molecular weight is 310 g/mol. The van der Waals surface area contributed by atoms with Crippen LogP contribution < -0.4 is 4.90 Å². The van der Waals surface area contributed by atoms with Crippen molar-refractivity contribution in [1.29, 1.82) is 0 Å². The molecule has 3 heterocycles. The molecule has 3 rings (SSSR count). The Balaban J connectivity index is 1.65. The van der Waals surface area contributed by atoms with Crippen molar-refractivity contribution in [3.05, 3.63) is 34.8 Å². The second-order valence-electron chi connectivity index (χ2n) is 4.32. The van der Waals surface area contributed by atoms with Crippen LogP contribution in [0.2, 0.25) is 5.15 Å². The summed E-state index contributed by atoms with van der Waals surface area (Å²) in [5.74, 6) is -0.126. The summed E-state index contributed by atoms with van der Waals surface area (Å²) in [6, 6.07) is 0. The highest BCUT2D eigenvalue weighted by atomic mass is 35.5. The van der Waals surface area contributed by atoms with Crippen LogP contribution in [0.4, 0.5) is 5.13 Å². The largest absolute Gasteiger partial charge is 0.345 e. The summed E-state index contributed by atoms with van der Waals surface area (Å²) < 4.78 is 0. The van der Waals surface area contributed by atoms with E-state index in [0.717, 1.165) is 18.2 Å². The zero-order valence-corrected chi connectivity index (χ0v) is 12.1. The van der Waals surface area contributed by atoms with Crippen molar-refractivity contribution in [1.82, 2.24) is 19.9 Å². The molecule has 0 bridgehead atoms. The topological polar surface area (TPSA) is 62.2 Å². The van der Waals surface area contributed by atoms with Gasteiger partial charge in [-0.1, -0.05) is 11.6 Å². The van der Waals surface area contributed by atoms with E-state index in [9.17, 15) is 4.79 Å². The molecule has 104 valence electrons. The molecule has 0 aliphatic carbocycles. The van der Waals surface area contributed by atoms with Crippen molar-refractivity contribution >= 4 is 34.0 Å². The molecule has 6 nitrogen and oxygen atoms in total. The van der Waals surface area contributed by atoms with Crippen LogP contribution in [0, 0.1) is 0 Å². The van der Waals surface area contributed by atoms with Crippen LogP contribution >= 0.6 is 22.9 Å². The number of hydrogen-bond donors (Lipinski definition) is 0. The highest BCUT2D eigenvalue weighted by Crippen LogP contribution is 2.19. The molecule has 8 heteroatoms. The van der Waals surface area contributed by atoms with Gasteiger partial charge in [-0.25, -0.2) is 9.97 Å². The monoisotopic (exact) mass is 309 g/mol. The second kappa shape index (κ2) is 5.72. The van der Waals surface area contributed by atoms with Gasteiger partial charge >= 0.3 is 0 Å². The Hall–Kier alpha value is -1.73. The average Bonchev–Trinajstić information content (AvgIpc) is 3.01. The van der Waals surface area contributed by atoms with Crippen LogP contribution in [0.3, 0.4) is 0 Å². The number of piperazine rings is 1. The van der Waals surface area contributed by atoms with Crippen molar-refractivity contribution in [3.8, 4) is 0 Å². The van der Waals surface area contributed by atoms with Gasteiger partial charge in [-0.05, 0) is 0 Å². The lowest BCUT2D eigenvalue weighted by Gasteiger charge is -2.34. The van der Waals surface area contributed by atoms with E-state index in [1.54, 1.807) is 22.4 Å². The number of carbonyl (C=O) groups is 1. The summed E-state index contributed by atoms with van der Waals surface area (Å²) in [6.07, 6.45) is 4.65. The Morgan fingerprint density at radius 3 is 2.70 bits per heavy atom. The lowest BCUT2D eigenvalue weighted by atomic mass is 10.3. The predicted octanol–water partition coefficient (Wildman–Crippen LogP) is 1.55. The minimum atomic E-state index is -0.126. The number of amides is 1. The van der Waals surface area contributed by atoms with E-state index in [2.05, 4.69) is 19.9 Å². The molecule has 2 aromatic rings. The molecular weight excluding hydrogens is 298 g/mol. The number of nitrogens with zero attached hydrogens (tertiary/aromatic N) is 5. The van der Waals surface area contributed by atoms with Gasteiger partial charge < -0.3 is 9.80 Å². The molecule has 0 radical (unpaired) electrons. The molecule has 0 saturated carbocycles. The van der Waals surface area contributed by atoms with Crippen LogP contribution in [0.25, 0.3) is 0 Å². The molecule has 0 atom stereocenters. The standard InChI is InChI=1S/C12H12ClN5OS/c13-10-8-14-7-9(16-10)11(19)17-2-4-18(5-3-17)12-15-1-6-20-12/h1,6-8H,2-5H2. The predicted molar refractivity (Wildman–Crippen MR) is 77.3 cm³/mol. The molecule has 1 aliphatic rings. The Labute approximate surface area is 125 Å². The summed E-state index contributed by atoms with van der Waals surface area (Å²) in [6.45, 7) is 2.83. The maximum atomic E-state index is 12.3. The highest BCUT2D eigenvalue weighted by Gasteiger charge is 2.24. The number of thiazole rings is 1. The number of carbonyl (C=O) groups excluding carboxylic acids is 1. The fraction of sp³-hybridized carbons (Fsp3) is 0.333. The normalized spacial score (nSPS) is 15.4. The molecule has 1 saturated heterocycles. The van der Waals surface area contributed by atoms with E-state index >= 15 is 0 Å². The quantitative estimate of drug-likeness (QED) is 0.842. The van der Waals surface area contributed by atoms with Crippen LogP contribution in [-0.2, 0) is 0 Å². The van der Waals surface area contributed by atoms with E-state index in [4.69, 9.17) is 11.6 Å². The van der Waals surface area contributed by atoms with Crippen molar-refractivity contribution in [2.75, 3.05) is 31.1 Å². The molecule has 0 spiro atoms. The number of hydrogen-bond acceptors (Lipinski definition) is 6. The molecule has 1 aliphatic heterocycles. The minimum Gasteiger partial charge on any atom is -0.345 e. The number of aromatic nitrogens is 3. The van der Waals surface area contributed by atoms with Crippen molar-refractivity contribution < 1.29 is 4.79 Å². The molecule has 1 fully saturated rings. The Bertz CT molecular complexity index is 598. The lowest BCUT2D eigenvalue weighted by molar-refractivity contribution is 0.0740. The van der Waals surface area contributed by atoms with E-state index in [1.807, 2.05) is 5.38 Å². The first-order valence-electron chi connectivity index (χ1n) is 6.15. The molecule has 0 N–H and O–H groups in total. The SMILES string of the molecule is O=C(c1cncc(Cl)n1)N1CCN(c2nccs2)CC1. The number of anilines is 1. The third kappa shape index (κ3) is 2.73. The van der Waals surface area contributed by atoms with Gasteiger partial charge in [0.1, 0.15) is 10.8 Å². The summed E-state index contributed by atoms with van der Waals surface area (Å²) in [4.78, 5) is 28.4. The fourth-order valence-electron chi connectivity index (χ4n) is 2.08. The van der Waals surface area contributed by atoms with Gasteiger partial charge in [-0.3, -0.25) is 9.78 Å². The van der Waals surface area contributed by atoms with Gasteiger partial charge in [0.2, 0.25) is 0 Å². The minimum absolute atomic E-state index is 0.126. The number of halogens is 1. The van der Waals surface area contributed by atoms with Gasteiger partial charge in [0.25, 0.3) is 5.91 Å². The van der Waals surface area contributed by atoms with Crippen LogP contribution in [-0.4, -0.2) is 51.9 Å². The Morgan fingerprint density at radius 2 is 2.05 bits per heavy atom. The van der Waals surface area contributed by atoms with Crippen LogP contribution in [0.1, 0.15) is 10.5 Å². The third-order valence-electron chi connectivity index (χ3n) is 3.08. The van der Waals surface area contributed by atoms with Crippen LogP contribution in [0.5, 0.6) is 0 Å². The zero-order chi connectivity index (χ0) is 13.9. The van der Waals surface area contributed by atoms with E-state index in [-0.39, 0.29) is 11.1 Å². The van der Waals surface area contributed by atoms with Gasteiger partial charge in [-0.15, -0.1) is 11.3 Å². The van der Waals surface area contributed by atoms with Crippen molar-refractivity contribution in [2.45, 2.75) is 0 Å². The summed E-state index contributed by atoms with van der Waals surface area (Å²) >= 11 is 7.37. The Kier molecular flexibility index (Phi) is 3.79. The van der Waals surface area contributed by atoms with Gasteiger partial charge in [-0.2, -0.15) is 0 Å². The molecule has 20 heavy (non-hydrogen) atoms. The molecule has 0 unspecified atom stereocenters. The second-order valence-corrected chi connectivity index (χ2v) is 5.58. The van der Waals surface area contributed by atoms with E-state index in [0.29, 0.717) is 18.8 Å². The zero-order valence-electron chi connectivity index (χ0n) is 10.6. The third-order valence-corrected chi connectivity index (χ3v) is 4.10. The van der Waals surface area contributed by atoms with Gasteiger partial charge in [0.05, 0.1) is 12.4 Å². The first-order valence-corrected chi connectivity index (χ1v) is 7.41. The summed E-state index contributed by atoms with van der Waals surface area (Å²) in [5.41, 5.74) is 0.292. The van der Waals surface area contributed by atoms with Crippen molar-refractivity contribution in [3.63, 3.8) is 0 Å². The van der Waals surface area contributed by atoms with Gasteiger partial charge in [0, 0.05) is 37.8 Å².